The van der Waals surface area contributed by atoms with Crippen molar-refractivity contribution >= 4 is 50.8 Å². The summed E-state index contributed by atoms with van der Waals surface area (Å²) in [6, 6.07) is 3.55. The topological polar surface area (TPSA) is 157 Å². The molecule has 3 heterocycles. The van der Waals surface area contributed by atoms with Crippen LogP contribution in [0.2, 0.25) is 0 Å². The molecule has 4 aliphatic rings. The molecule has 1 aromatic heterocycles. The zero-order chi connectivity index (χ0) is 41.3. The van der Waals surface area contributed by atoms with Gasteiger partial charge in [0.1, 0.15) is 40.8 Å². The van der Waals surface area contributed by atoms with E-state index in [1.807, 2.05) is 39.8 Å². The highest BCUT2D eigenvalue weighted by molar-refractivity contribution is 8.15. The molecule has 6 atom stereocenters. The molecule has 1 aromatic carbocycles. The molecule has 6 rings (SSSR count). The van der Waals surface area contributed by atoms with Crippen LogP contribution in [0.4, 0.5) is 4.79 Å². The van der Waals surface area contributed by atoms with E-state index in [1.165, 1.54) is 4.90 Å². The number of nitrogens with one attached hydrogen (secondary N) is 3. The van der Waals surface area contributed by atoms with Crippen LogP contribution in [0.3, 0.4) is 0 Å². The predicted molar refractivity (Wildman–Crippen MR) is 223 cm³/mol. The number of aryl methyl sites for hydroxylation is 1. The van der Waals surface area contributed by atoms with Crippen LogP contribution in [0, 0.1) is 12.8 Å². The molecule has 2 saturated carbocycles. The molecule has 1 saturated heterocycles. The number of rotatable bonds is 9. The van der Waals surface area contributed by atoms with E-state index >= 15 is 0 Å². The molecule has 4 amide bonds. The van der Waals surface area contributed by atoms with Gasteiger partial charge in [0.25, 0.3) is 5.91 Å². The van der Waals surface area contributed by atoms with Crippen LogP contribution in [0.15, 0.2) is 30.4 Å². The lowest BCUT2D eigenvalue weighted by Gasteiger charge is -2.30. The minimum absolute atomic E-state index is 0.0291. The molecule has 0 radical (unpaired) electrons. The monoisotopic (exact) mass is 807 g/mol. The van der Waals surface area contributed by atoms with Gasteiger partial charge in [0, 0.05) is 34.1 Å². The molecule has 13 nitrogen and oxygen atoms in total. The molecule has 1 unspecified atom stereocenters. The van der Waals surface area contributed by atoms with Gasteiger partial charge < -0.3 is 39.2 Å². The van der Waals surface area contributed by atoms with Crippen LogP contribution in [0.5, 0.6) is 17.4 Å². The molecular formula is C43H61N5O8S. The van der Waals surface area contributed by atoms with E-state index in [-0.39, 0.29) is 35.6 Å². The summed E-state index contributed by atoms with van der Waals surface area (Å²) in [7, 11) is 1.16. The van der Waals surface area contributed by atoms with E-state index in [0.717, 1.165) is 43.1 Å². The highest BCUT2D eigenvalue weighted by Gasteiger charge is 2.61. The molecule has 2 aliphatic heterocycles. The Morgan fingerprint density at radius 1 is 1.12 bits per heavy atom. The fourth-order valence-electron chi connectivity index (χ4n) is 7.83. The Morgan fingerprint density at radius 3 is 2.54 bits per heavy atom. The predicted octanol–water partition coefficient (Wildman–Crippen LogP) is 6.65. The van der Waals surface area contributed by atoms with Gasteiger partial charge in [-0.25, -0.2) is 9.78 Å². The third-order valence-electron chi connectivity index (χ3n) is 11.3. The Bertz CT molecular complexity index is 1940. The van der Waals surface area contributed by atoms with Crippen LogP contribution in [0.1, 0.15) is 112 Å². The molecule has 14 heteroatoms. The number of carbonyl (C=O) groups excluding carboxylic acids is 4. The van der Waals surface area contributed by atoms with E-state index in [4.69, 9.17) is 23.9 Å². The number of hydrogen-bond donors (Lipinski definition) is 3. The molecular weight excluding hydrogens is 747 g/mol. The Morgan fingerprint density at radius 2 is 1.88 bits per heavy atom. The number of methoxy groups -OCH3 is 1. The van der Waals surface area contributed by atoms with Gasteiger partial charge in [-0.1, -0.05) is 35.7 Å². The van der Waals surface area contributed by atoms with E-state index in [2.05, 4.69) is 39.8 Å². The van der Waals surface area contributed by atoms with Gasteiger partial charge in [0.05, 0.1) is 25.3 Å². The van der Waals surface area contributed by atoms with Gasteiger partial charge in [0.15, 0.2) is 0 Å². The maximum Gasteiger partial charge on any atom is 0.408 e. The second-order valence-corrected chi connectivity index (χ2v) is 19.7. The van der Waals surface area contributed by atoms with Crippen molar-refractivity contribution in [1.82, 2.24) is 25.2 Å². The number of amides is 4. The second kappa shape index (κ2) is 16.9. The number of carbonyl (C=O) groups is 4. The number of hydrogen-bond acceptors (Lipinski definition) is 9. The van der Waals surface area contributed by atoms with Crippen LogP contribution in [-0.4, -0.2) is 92.9 Å². The minimum atomic E-state index is -1.14. The first-order valence-electron chi connectivity index (χ1n) is 20.4. The third-order valence-corrected chi connectivity index (χ3v) is 13.6. The highest BCUT2D eigenvalue weighted by Crippen LogP contribution is 2.52. The average Bonchev–Trinajstić information content (AvgIpc) is 4.01. The first-order valence-corrected chi connectivity index (χ1v) is 21.7. The molecule has 3 fully saturated rings. The lowest BCUT2D eigenvalue weighted by atomic mass is 10.0. The van der Waals surface area contributed by atoms with Crippen molar-refractivity contribution in [3.05, 3.63) is 35.9 Å². The Labute approximate surface area is 339 Å². The lowest BCUT2D eigenvalue weighted by molar-refractivity contribution is -0.141. The zero-order valence-corrected chi connectivity index (χ0v) is 35.8. The summed E-state index contributed by atoms with van der Waals surface area (Å²) in [5.41, 5.74) is -0.454. The molecule has 312 valence electrons. The molecule has 2 aliphatic carbocycles. The van der Waals surface area contributed by atoms with Gasteiger partial charge in [0.2, 0.25) is 17.7 Å². The van der Waals surface area contributed by atoms with Crippen molar-refractivity contribution in [3.8, 4) is 17.4 Å². The van der Waals surface area contributed by atoms with Gasteiger partial charge in [-0.15, -0.1) is 0 Å². The first kappa shape index (κ1) is 42.3. The molecule has 57 heavy (non-hydrogen) atoms. The summed E-state index contributed by atoms with van der Waals surface area (Å²) in [5.74, 6) is 0.307. The van der Waals surface area contributed by atoms with Crippen molar-refractivity contribution in [3.63, 3.8) is 0 Å². The quantitative estimate of drug-likeness (QED) is 0.187. The lowest BCUT2D eigenvalue weighted by Crippen LogP contribution is -2.57. The number of pyridine rings is 1. The number of fused-ring (bicyclic) bond motifs is 3. The SMILES string of the molecule is C/C=S(/NC(=O)[C@@]12C[C@H]1/C=C\CCCCC[C@H](NC(=O)OC(C)(C)C)C(=O)N1C[C@H](Oc3cc(OC(C)C)nc4c(C)c(OC)ccc34)C[C@H]1C(=O)N2)C1(C)CC1. The molecule has 0 spiro atoms. The van der Waals surface area contributed by atoms with Crippen molar-refractivity contribution in [2.45, 2.75) is 153 Å². The maximum absolute atomic E-state index is 14.7. The Kier molecular flexibility index (Phi) is 12.5. The second-order valence-electron chi connectivity index (χ2n) is 17.4. The summed E-state index contributed by atoms with van der Waals surface area (Å²) < 4.78 is 27.2. The number of aromatic nitrogens is 1. The maximum atomic E-state index is 14.7. The van der Waals surface area contributed by atoms with Crippen LogP contribution in [-0.2, 0) is 19.1 Å². The van der Waals surface area contributed by atoms with Gasteiger partial charge in [-0.05, 0) is 111 Å². The fourth-order valence-corrected chi connectivity index (χ4v) is 9.68. The highest BCUT2D eigenvalue weighted by atomic mass is 32.2. The largest absolute Gasteiger partial charge is 0.496 e. The number of allylic oxidation sites excluding steroid dienone is 1. The number of benzene rings is 1. The van der Waals surface area contributed by atoms with Crippen molar-refractivity contribution in [1.29, 1.82) is 0 Å². The van der Waals surface area contributed by atoms with Crippen molar-refractivity contribution in [2.75, 3.05) is 13.7 Å². The Balaban J connectivity index is 1.35. The summed E-state index contributed by atoms with van der Waals surface area (Å²) in [4.78, 5) is 63.0. The number of ether oxygens (including phenoxy) is 4. The van der Waals surface area contributed by atoms with Crippen LogP contribution in [0.25, 0.3) is 10.9 Å². The zero-order valence-electron chi connectivity index (χ0n) is 35.0. The third kappa shape index (κ3) is 9.69. The van der Waals surface area contributed by atoms with Gasteiger partial charge in [-0.2, -0.15) is 0 Å². The number of nitrogens with zero attached hydrogens (tertiary/aromatic N) is 2. The van der Waals surface area contributed by atoms with Gasteiger partial charge in [-0.3, -0.25) is 14.4 Å². The summed E-state index contributed by atoms with van der Waals surface area (Å²) >= 11 is 0. The van der Waals surface area contributed by atoms with E-state index < -0.39 is 57.9 Å². The van der Waals surface area contributed by atoms with Crippen LogP contribution < -0.4 is 29.6 Å². The summed E-state index contributed by atoms with van der Waals surface area (Å²) in [6.45, 7) is 15.3. The first-order chi connectivity index (χ1) is 27.0. The Hall–Kier alpha value is -4.33. The number of alkyl carbamates (subject to hydrolysis) is 1. The smallest absolute Gasteiger partial charge is 0.408 e. The normalized spacial score (nSPS) is 27.2. The molecule has 3 N–H and O–H groups in total. The van der Waals surface area contributed by atoms with E-state index in [9.17, 15) is 19.2 Å². The fraction of sp³-hybridized carbons (Fsp3) is 0.628. The van der Waals surface area contributed by atoms with Gasteiger partial charge >= 0.3 is 6.09 Å². The van der Waals surface area contributed by atoms with Crippen molar-refractivity contribution < 1.29 is 38.1 Å². The molecule has 2 aromatic rings. The van der Waals surface area contributed by atoms with E-state index in [1.54, 1.807) is 33.9 Å². The summed E-state index contributed by atoms with van der Waals surface area (Å²) in [6.07, 6.45) is 8.93. The van der Waals surface area contributed by atoms with E-state index in [0.29, 0.717) is 42.2 Å². The average molecular weight is 808 g/mol. The minimum Gasteiger partial charge on any atom is -0.496 e. The summed E-state index contributed by atoms with van der Waals surface area (Å²) in [5, 5.41) is 8.77. The van der Waals surface area contributed by atoms with Crippen molar-refractivity contribution in [2.24, 2.45) is 5.92 Å². The van der Waals surface area contributed by atoms with Crippen LogP contribution >= 0.6 is 10.7 Å². The standard InChI is InChI=1S/C43H61N5O8S/c1-10-57(42(8)20-21-42)47-39(51)43-24-28(43)16-14-12-11-13-15-17-31(44-40(52)56-41(5,6)7)38(50)48-25-29(22-32(48)37(49)46-43)55-34-23-35(54-26(2)3)45-36-27(4)33(53-9)19-18-30(34)36/h10,14,16,18-19,23,26,28-29,31-32H,11-13,15,17,20-22,24-25H2,1-9H3,(H,44,52)(H,46,49)(H,47,51)/b16-14-/t28-,29-,31+,32+,43-,57?/m1/s1. The molecule has 0 bridgehead atoms.